The molecule has 2 aromatic carbocycles. The second-order valence-electron chi connectivity index (χ2n) is 6.30. The second kappa shape index (κ2) is 9.88. The molecule has 0 aromatic heterocycles. The zero-order chi connectivity index (χ0) is 19.1. The molecule has 1 unspecified atom stereocenters. The van der Waals surface area contributed by atoms with Crippen molar-refractivity contribution in [1.82, 2.24) is 0 Å². The molecule has 0 spiro atoms. The van der Waals surface area contributed by atoms with E-state index in [4.69, 9.17) is 21.1 Å². The van der Waals surface area contributed by atoms with Gasteiger partial charge in [-0.3, -0.25) is 9.00 Å². The first kappa shape index (κ1) is 19.9. The molecule has 27 heavy (non-hydrogen) atoms. The van der Waals surface area contributed by atoms with Gasteiger partial charge in [-0.2, -0.15) is 0 Å². The molecule has 1 aliphatic rings. The molecule has 1 fully saturated rings. The average molecular weight is 408 g/mol. The van der Waals surface area contributed by atoms with E-state index in [-0.39, 0.29) is 17.8 Å². The highest BCUT2D eigenvalue weighted by atomic mass is 35.5. The number of hydrogen-bond acceptors (Lipinski definition) is 4. The lowest BCUT2D eigenvalue weighted by atomic mass is 10.2. The van der Waals surface area contributed by atoms with Gasteiger partial charge in [0, 0.05) is 40.7 Å². The van der Waals surface area contributed by atoms with Crippen LogP contribution in [0.3, 0.4) is 0 Å². The van der Waals surface area contributed by atoms with Crippen molar-refractivity contribution < 1.29 is 18.5 Å². The number of carbonyl (C=O) groups is 1. The molecular weight excluding hydrogens is 386 g/mol. The van der Waals surface area contributed by atoms with Crippen molar-refractivity contribution in [1.29, 1.82) is 0 Å². The largest absolute Gasteiger partial charge is 0.482 e. The van der Waals surface area contributed by atoms with Gasteiger partial charge < -0.3 is 14.8 Å². The summed E-state index contributed by atoms with van der Waals surface area (Å²) in [6.45, 7) is 1.22. The Hall–Kier alpha value is -1.89. The molecule has 0 saturated carbocycles. The van der Waals surface area contributed by atoms with Gasteiger partial charge in [0.25, 0.3) is 5.91 Å². The van der Waals surface area contributed by atoms with Crippen LogP contribution < -0.4 is 10.1 Å². The summed E-state index contributed by atoms with van der Waals surface area (Å²) < 4.78 is 23.3. The molecule has 7 heteroatoms. The molecule has 0 aliphatic carbocycles. The molecule has 0 bridgehead atoms. The molecule has 1 saturated heterocycles. The van der Waals surface area contributed by atoms with Crippen LogP contribution in [0.4, 0.5) is 5.69 Å². The summed E-state index contributed by atoms with van der Waals surface area (Å²) in [6, 6.07) is 14.4. The van der Waals surface area contributed by atoms with Crippen molar-refractivity contribution in [3.05, 3.63) is 59.1 Å². The van der Waals surface area contributed by atoms with E-state index in [1.54, 1.807) is 30.3 Å². The predicted molar refractivity (Wildman–Crippen MR) is 108 cm³/mol. The number of para-hydroxylation sites is 1. The number of benzene rings is 2. The van der Waals surface area contributed by atoms with Gasteiger partial charge in [0.05, 0.1) is 5.02 Å². The summed E-state index contributed by atoms with van der Waals surface area (Å²) in [5.74, 6) is 0.664. The number of halogens is 1. The number of amides is 1. The molecular formula is C20H22ClNO4S. The van der Waals surface area contributed by atoms with E-state index < -0.39 is 10.8 Å². The zero-order valence-corrected chi connectivity index (χ0v) is 16.4. The Morgan fingerprint density at radius 2 is 1.96 bits per heavy atom. The highest BCUT2D eigenvalue weighted by molar-refractivity contribution is 7.84. The molecule has 1 atom stereocenters. The van der Waals surface area contributed by atoms with Crippen molar-refractivity contribution in [2.24, 2.45) is 0 Å². The minimum Gasteiger partial charge on any atom is -0.482 e. The van der Waals surface area contributed by atoms with Crippen LogP contribution in [0.25, 0.3) is 0 Å². The Morgan fingerprint density at radius 3 is 2.74 bits per heavy atom. The Balaban J connectivity index is 1.53. The van der Waals surface area contributed by atoms with Gasteiger partial charge in [-0.25, -0.2) is 0 Å². The molecule has 144 valence electrons. The third kappa shape index (κ3) is 6.06. The van der Waals surface area contributed by atoms with Gasteiger partial charge in [-0.05, 0) is 42.7 Å². The fourth-order valence-corrected chi connectivity index (χ4v) is 4.51. The third-order valence-electron chi connectivity index (χ3n) is 4.26. The van der Waals surface area contributed by atoms with Gasteiger partial charge >= 0.3 is 0 Å². The fourth-order valence-electron chi connectivity index (χ4n) is 2.86. The number of ether oxygens (including phenoxy) is 2. The van der Waals surface area contributed by atoms with Crippen molar-refractivity contribution in [2.45, 2.75) is 23.8 Å². The summed E-state index contributed by atoms with van der Waals surface area (Å²) in [5, 5.41) is 3.44. The lowest BCUT2D eigenvalue weighted by molar-refractivity contribution is -0.118. The Kier molecular flexibility index (Phi) is 7.26. The van der Waals surface area contributed by atoms with E-state index in [1.165, 1.54) is 0 Å². The SMILES string of the molecule is O=C(COc1ccccc1Cl)Nc1cccc(CS(=O)C2CCOCC2)c1. The molecule has 3 rings (SSSR count). The minimum atomic E-state index is -0.941. The lowest BCUT2D eigenvalue weighted by Gasteiger charge is -2.21. The molecule has 1 aliphatic heterocycles. The number of rotatable bonds is 7. The first-order valence-corrected chi connectivity index (χ1v) is 10.6. The van der Waals surface area contributed by atoms with Crippen LogP contribution >= 0.6 is 11.6 Å². The Labute approximate surface area is 166 Å². The smallest absolute Gasteiger partial charge is 0.262 e. The van der Waals surface area contributed by atoms with E-state index >= 15 is 0 Å². The fraction of sp³-hybridized carbons (Fsp3) is 0.350. The van der Waals surface area contributed by atoms with Crippen LogP contribution in [0.2, 0.25) is 5.02 Å². The average Bonchev–Trinajstić information content (AvgIpc) is 2.68. The van der Waals surface area contributed by atoms with Gasteiger partial charge in [0.2, 0.25) is 0 Å². The maximum absolute atomic E-state index is 12.5. The van der Waals surface area contributed by atoms with E-state index in [9.17, 15) is 9.00 Å². The zero-order valence-electron chi connectivity index (χ0n) is 14.9. The minimum absolute atomic E-state index is 0.137. The maximum Gasteiger partial charge on any atom is 0.262 e. The number of nitrogens with one attached hydrogen (secondary N) is 1. The molecule has 5 nitrogen and oxygen atoms in total. The molecule has 0 radical (unpaired) electrons. The van der Waals surface area contributed by atoms with Crippen molar-refractivity contribution in [2.75, 3.05) is 25.1 Å². The van der Waals surface area contributed by atoms with Gasteiger partial charge in [0.1, 0.15) is 5.75 Å². The van der Waals surface area contributed by atoms with Crippen LogP contribution in [0.1, 0.15) is 18.4 Å². The van der Waals surface area contributed by atoms with Crippen LogP contribution in [0.5, 0.6) is 5.75 Å². The number of anilines is 1. The van der Waals surface area contributed by atoms with Crippen molar-refractivity contribution in [3.8, 4) is 5.75 Å². The summed E-state index contributed by atoms with van der Waals surface area (Å²) in [6.07, 6.45) is 1.67. The summed E-state index contributed by atoms with van der Waals surface area (Å²) in [5.41, 5.74) is 1.59. The van der Waals surface area contributed by atoms with E-state index in [0.717, 1.165) is 18.4 Å². The first-order valence-electron chi connectivity index (χ1n) is 8.83. The van der Waals surface area contributed by atoms with Gasteiger partial charge in [0.15, 0.2) is 6.61 Å². The van der Waals surface area contributed by atoms with E-state index in [1.807, 2.05) is 18.2 Å². The monoisotopic (exact) mass is 407 g/mol. The Bertz CT molecular complexity index is 808. The quantitative estimate of drug-likeness (QED) is 0.758. The highest BCUT2D eigenvalue weighted by Crippen LogP contribution is 2.23. The Morgan fingerprint density at radius 1 is 1.19 bits per heavy atom. The normalized spacial score (nSPS) is 15.9. The molecule has 1 N–H and O–H groups in total. The first-order chi connectivity index (χ1) is 13.1. The van der Waals surface area contributed by atoms with Crippen molar-refractivity contribution in [3.63, 3.8) is 0 Å². The van der Waals surface area contributed by atoms with Gasteiger partial charge in [-0.1, -0.05) is 35.9 Å². The highest BCUT2D eigenvalue weighted by Gasteiger charge is 2.20. The van der Waals surface area contributed by atoms with Gasteiger partial charge in [-0.15, -0.1) is 0 Å². The van der Waals surface area contributed by atoms with E-state index in [2.05, 4.69) is 5.32 Å². The van der Waals surface area contributed by atoms with Crippen LogP contribution in [0, 0.1) is 0 Å². The van der Waals surface area contributed by atoms with Crippen LogP contribution in [-0.4, -0.2) is 35.2 Å². The summed E-state index contributed by atoms with van der Waals surface area (Å²) >= 11 is 6.01. The molecule has 1 amide bonds. The lowest BCUT2D eigenvalue weighted by Crippen LogP contribution is -2.25. The summed E-state index contributed by atoms with van der Waals surface area (Å²) in [7, 11) is -0.941. The van der Waals surface area contributed by atoms with E-state index in [0.29, 0.717) is 35.4 Å². The maximum atomic E-state index is 12.5. The molecule has 1 heterocycles. The number of carbonyl (C=O) groups excluding carboxylic acids is 1. The van der Waals surface area contributed by atoms with Crippen LogP contribution in [-0.2, 0) is 26.1 Å². The number of hydrogen-bond donors (Lipinski definition) is 1. The predicted octanol–water partition coefficient (Wildman–Crippen LogP) is 3.79. The standard InChI is InChI=1S/C20H22ClNO4S/c21-18-6-1-2-7-19(18)26-13-20(23)22-16-5-3-4-15(12-16)14-27(24)17-8-10-25-11-9-17/h1-7,12,17H,8-11,13-14H2,(H,22,23). The van der Waals surface area contributed by atoms with Crippen LogP contribution in [0.15, 0.2) is 48.5 Å². The van der Waals surface area contributed by atoms with Crippen molar-refractivity contribution >= 4 is 34.0 Å². The second-order valence-corrected chi connectivity index (χ2v) is 8.43. The third-order valence-corrected chi connectivity index (χ3v) is 6.40. The summed E-state index contributed by atoms with van der Waals surface area (Å²) in [4.78, 5) is 12.1. The molecule has 2 aromatic rings. The topological polar surface area (TPSA) is 64.6 Å².